The monoisotopic (exact) mass is 426 g/mol. The molecule has 0 unspecified atom stereocenters. The summed E-state index contributed by atoms with van der Waals surface area (Å²) in [6.45, 7) is 2.14. The Labute approximate surface area is 162 Å². The van der Waals surface area contributed by atoms with Crippen LogP contribution in [-0.2, 0) is 13.1 Å². The first-order chi connectivity index (χ1) is 13.1. The second kappa shape index (κ2) is 6.96. The van der Waals surface area contributed by atoms with Crippen molar-refractivity contribution < 1.29 is 4.52 Å². The molecule has 8 heteroatoms. The summed E-state index contributed by atoms with van der Waals surface area (Å²) in [5.41, 5.74) is 0.646. The van der Waals surface area contributed by atoms with Gasteiger partial charge in [-0.15, -0.1) is 0 Å². The molecule has 2 aromatic carbocycles. The zero-order valence-corrected chi connectivity index (χ0v) is 16.0. The Morgan fingerprint density at radius 3 is 2.67 bits per heavy atom. The van der Waals surface area contributed by atoms with Crippen LogP contribution < -0.4 is 11.2 Å². The Morgan fingerprint density at radius 1 is 1.07 bits per heavy atom. The number of benzene rings is 2. The van der Waals surface area contributed by atoms with Gasteiger partial charge in [-0.05, 0) is 31.2 Å². The van der Waals surface area contributed by atoms with Crippen LogP contribution in [0.1, 0.15) is 12.8 Å². The Balaban J connectivity index is 1.81. The van der Waals surface area contributed by atoms with Crippen LogP contribution in [0.25, 0.3) is 22.3 Å². The lowest BCUT2D eigenvalue weighted by molar-refractivity contribution is 0.369. The Morgan fingerprint density at radius 2 is 1.89 bits per heavy atom. The number of nitrogens with zero attached hydrogens (tertiary/aromatic N) is 4. The fourth-order valence-electron chi connectivity index (χ4n) is 3.00. The van der Waals surface area contributed by atoms with Crippen molar-refractivity contribution in [1.29, 1.82) is 0 Å². The third kappa shape index (κ3) is 3.12. The SMILES string of the molecule is CCn1c(=O)c2ccccc2n(Cc2nc(-c3cccc(Br)c3)no2)c1=O. The van der Waals surface area contributed by atoms with Gasteiger partial charge in [0.15, 0.2) is 0 Å². The first-order valence-corrected chi connectivity index (χ1v) is 9.18. The predicted octanol–water partition coefficient (Wildman–Crippen LogP) is 3.04. The van der Waals surface area contributed by atoms with E-state index in [4.69, 9.17) is 4.52 Å². The maximum atomic E-state index is 12.8. The fraction of sp³-hybridized carbons (Fsp3) is 0.158. The average Bonchev–Trinajstić information content (AvgIpc) is 3.14. The van der Waals surface area contributed by atoms with Gasteiger partial charge in [-0.3, -0.25) is 13.9 Å². The van der Waals surface area contributed by atoms with Crippen molar-refractivity contribution in [1.82, 2.24) is 19.3 Å². The normalized spacial score (nSPS) is 11.2. The molecule has 0 spiro atoms. The average molecular weight is 427 g/mol. The van der Waals surface area contributed by atoms with E-state index in [1.165, 1.54) is 9.13 Å². The highest BCUT2D eigenvalue weighted by molar-refractivity contribution is 9.10. The topological polar surface area (TPSA) is 82.9 Å². The van der Waals surface area contributed by atoms with E-state index < -0.39 is 5.69 Å². The maximum absolute atomic E-state index is 12.8. The smallest absolute Gasteiger partial charge is 0.331 e. The van der Waals surface area contributed by atoms with Crippen LogP contribution in [-0.4, -0.2) is 19.3 Å². The summed E-state index contributed by atoms with van der Waals surface area (Å²) in [6.07, 6.45) is 0. The van der Waals surface area contributed by atoms with E-state index in [2.05, 4.69) is 26.1 Å². The minimum absolute atomic E-state index is 0.0840. The zero-order chi connectivity index (χ0) is 19.0. The molecule has 0 radical (unpaired) electrons. The van der Waals surface area contributed by atoms with Crippen molar-refractivity contribution in [3.63, 3.8) is 0 Å². The quantitative estimate of drug-likeness (QED) is 0.500. The lowest BCUT2D eigenvalue weighted by Gasteiger charge is -2.11. The van der Waals surface area contributed by atoms with E-state index in [1.54, 1.807) is 31.2 Å². The second-order valence-electron chi connectivity index (χ2n) is 5.96. The lowest BCUT2D eigenvalue weighted by atomic mass is 10.2. The molecular weight excluding hydrogens is 412 g/mol. The first-order valence-electron chi connectivity index (χ1n) is 8.39. The molecule has 0 saturated carbocycles. The first kappa shape index (κ1) is 17.4. The van der Waals surface area contributed by atoms with Gasteiger partial charge in [0.25, 0.3) is 5.56 Å². The van der Waals surface area contributed by atoms with E-state index in [0.29, 0.717) is 22.6 Å². The molecule has 0 bridgehead atoms. The molecule has 0 fully saturated rings. The zero-order valence-electron chi connectivity index (χ0n) is 14.4. The van der Waals surface area contributed by atoms with Gasteiger partial charge in [0, 0.05) is 16.6 Å². The standard InChI is InChI=1S/C19H15BrN4O3/c1-2-23-18(25)14-8-3-4-9-15(14)24(19(23)26)11-16-21-17(22-27-16)12-6-5-7-13(20)10-12/h3-10H,2,11H2,1H3. The van der Waals surface area contributed by atoms with Crippen LogP contribution in [0.4, 0.5) is 0 Å². The van der Waals surface area contributed by atoms with E-state index >= 15 is 0 Å². The number of hydrogen-bond donors (Lipinski definition) is 0. The van der Waals surface area contributed by atoms with Gasteiger partial charge >= 0.3 is 5.69 Å². The van der Waals surface area contributed by atoms with E-state index in [1.807, 2.05) is 24.3 Å². The number of fused-ring (bicyclic) bond motifs is 1. The summed E-state index contributed by atoms with van der Waals surface area (Å²) in [4.78, 5) is 29.7. The molecule has 0 aliphatic carbocycles. The van der Waals surface area contributed by atoms with Gasteiger partial charge < -0.3 is 4.52 Å². The molecule has 0 amide bonds. The van der Waals surface area contributed by atoms with E-state index in [9.17, 15) is 9.59 Å². The summed E-state index contributed by atoms with van der Waals surface area (Å²) in [6, 6.07) is 14.6. The minimum atomic E-state index is -0.400. The Hall–Kier alpha value is -3.00. The van der Waals surface area contributed by atoms with Crippen LogP contribution in [0, 0.1) is 0 Å². The Bertz CT molecular complexity index is 1260. The molecule has 2 heterocycles. The minimum Gasteiger partial charge on any atom is -0.337 e. The molecule has 0 aliphatic heterocycles. The molecule has 7 nitrogen and oxygen atoms in total. The van der Waals surface area contributed by atoms with Crippen molar-refractivity contribution >= 4 is 26.8 Å². The molecule has 2 aromatic heterocycles. The van der Waals surface area contributed by atoms with Crippen molar-refractivity contribution in [2.75, 3.05) is 0 Å². The molecule has 0 saturated heterocycles. The number of halogens is 1. The molecular formula is C19H15BrN4O3. The molecule has 136 valence electrons. The predicted molar refractivity (Wildman–Crippen MR) is 105 cm³/mol. The maximum Gasteiger partial charge on any atom is 0.331 e. The van der Waals surface area contributed by atoms with Gasteiger partial charge in [-0.25, -0.2) is 4.79 Å². The molecule has 0 N–H and O–H groups in total. The summed E-state index contributed by atoms with van der Waals surface area (Å²) < 4.78 is 8.94. The number of aromatic nitrogens is 4. The van der Waals surface area contributed by atoms with Crippen LogP contribution in [0.3, 0.4) is 0 Å². The van der Waals surface area contributed by atoms with Crippen LogP contribution >= 0.6 is 15.9 Å². The Kier molecular flexibility index (Phi) is 4.49. The lowest BCUT2D eigenvalue weighted by Crippen LogP contribution is -2.39. The van der Waals surface area contributed by atoms with Gasteiger partial charge in [0.2, 0.25) is 11.7 Å². The highest BCUT2D eigenvalue weighted by atomic mass is 79.9. The molecule has 27 heavy (non-hydrogen) atoms. The number of hydrogen-bond acceptors (Lipinski definition) is 5. The van der Waals surface area contributed by atoms with Crippen LogP contribution in [0.5, 0.6) is 0 Å². The van der Waals surface area contributed by atoms with Crippen molar-refractivity contribution in [2.24, 2.45) is 0 Å². The summed E-state index contributed by atoms with van der Waals surface area (Å²) in [7, 11) is 0. The van der Waals surface area contributed by atoms with E-state index in [0.717, 1.165) is 10.0 Å². The summed E-state index contributed by atoms with van der Waals surface area (Å²) >= 11 is 3.42. The van der Waals surface area contributed by atoms with Crippen LogP contribution in [0.15, 0.2) is 67.1 Å². The molecule has 4 rings (SSSR count). The highest BCUT2D eigenvalue weighted by Gasteiger charge is 2.15. The molecule has 0 atom stereocenters. The van der Waals surface area contributed by atoms with E-state index in [-0.39, 0.29) is 18.6 Å². The fourth-order valence-corrected chi connectivity index (χ4v) is 3.40. The van der Waals surface area contributed by atoms with Gasteiger partial charge in [0.05, 0.1) is 10.9 Å². The third-order valence-electron chi connectivity index (χ3n) is 4.29. The van der Waals surface area contributed by atoms with Crippen molar-refractivity contribution in [3.8, 4) is 11.4 Å². The largest absolute Gasteiger partial charge is 0.337 e. The highest BCUT2D eigenvalue weighted by Crippen LogP contribution is 2.20. The second-order valence-corrected chi connectivity index (χ2v) is 6.87. The molecule has 4 aromatic rings. The number of para-hydroxylation sites is 1. The van der Waals surface area contributed by atoms with Crippen molar-refractivity contribution in [2.45, 2.75) is 20.0 Å². The summed E-state index contributed by atoms with van der Waals surface area (Å²) in [5, 5.41) is 4.48. The van der Waals surface area contributed by atoms with Crippen molar-refractivity contribution in [3.05, 3.63) is 79.7 Å². The van der Waals surface area contributed by atoms with Gasteiger partial charge in [-0.1, -0.05) is 45.4 Å². The molecule has 0 aliphatic rings. The van der Waals surface area contributed by atoms with Gasteiger partial charge in [-0.2, -0.15) is 4.98 Å². The summed E-state index contributed by atoms with van der Waals surface area (Å²) in [5.74, 6) is 0.728. The number of rotatable bonds is 4. The van der Waals surface area contributed by atoms with Gasteiger partial charge in [0.1, 0.15) is 6.54 Å². The third-order valence-corrected chi connectivity index (χ3v) is 4.79. The van der Waals surface area contributed by atoms with Crippen LogP contribution in [0.2, 0.25) is 0 Å².